The van der Waals surface area contributed by atoms with Gasteiger partial charge in [-0.3, -0.25) is 13.9 Å². The van der Waals surface area contributed by atoms with Gasteiger partial charge in [0, 0.05) is 22.6 Å². The molecule has 0 bridgehead atoms. The van der Waals surface area contributed by atoms with Crippen molar-refractivity contribution in [1.29, 1.82) is 0 Å². The lowest BCUT2D eigenvalue weighted by Gasteiger charge is -2.32. The first-order valence-corrected chi connectivity index (χ1v) is 15.1. The first-order chi connectivity index (χ1) is 19.0. The maximum absolute atomic E-state index is 13.9. The van der Waals surface area contributed by atoms with Crippen molar-refractivity contribution in [1.82, 2.24) is 10.2 Å². The fourth-order valence-electron chi connectivity index (χ4n) is 4.69. The van der Waals surface area contributed by atoms with E-state index >= 15 is 0 Å². The third-order valence-corrected chi connectivity index (χ3v) is 9.10. The van der Waals surface area contributed by atoms with Crippen LogP contribution in [0.3, 0.4) is 0 Å². The number of amides is 2. The zero-order chi connectivity index (χ0) is 28.9. The summed E-state index contributed by atoms with van der Waals surface area (Å²) in [5.74, 6) is -1.41. The third-order valence-electron chi connectivity index (χ3n) is 6.88. The smallest absolute Gasteiger partial charge is 0.264 e. The first kappa shape index (κ1) is 29.8. The summed E-state index contributed by atoms with van der Waals surface area (Å²) in [6, 6.07) is 16.6. The van der Waals surface area contributed by atoms with Crippen molar-refractivity contribution in [2.75, 3.05) is 10.8 Å². The average Bonchev–Trinajstić information content (AvgIpc) is 3.43. The van der Waals surface area contributed by atoms with Crippen LogP contribution in [-0.4, -0.2) is 43.8 Å². The molecule has 0 unspecified atom stereocenters. The predicted octanol–water partition coefficient (Wildman–Crippen LogP) is 5.80. The quantitative estimate of drug-likeness (QED) is 0.316. The van der Waals surface area contributed by atoms with Gasteiger partial charge in [0.1, 0.15) is 18.4 Å². The van der Waals surface area contributed by atoms with Crippen LogP contribution in [0, 0.1) is 5.82 Å². The topological polar surface area (TPSA) is 86.8 Å². The molecule has 0 aliphatic heterocycles. The summed E-state index contributed by atoms with van der Waals surface area (Å²) in [5.41, 5.74) is 0.679. The summed E-state index contributed by atoms with van der Waals surface area (Å²) >= 11 is 12.4. The van der Waals surface area contributed by atoms with E-state index in [4.69, 9.17) is 23.2 Å². The van der Waals surface area contributed by atoms with Gasteiger partial charge in [-0.25, -0.2) is 12.8 Å². The van der Waals surface area contributed by atoms with Crippen LogP contribution >= 0.6 is 23.2 Å². The molecule has 40 heavy (non-hydrogen) atoms. The molecule has 212 valence electrons. The highest BCUT2D eigenvalue weighted by Gasteiger charge is 2.33. The zero-order valence-electron chi connectivity index (χ0n) is 21.9. The first-order valence-electron chi connectivity index (χ1n) is 12.9. The van der Waals surface area contributed by atoms with Gasteiger partial charge in [-0.15, -0.1) is 0 Å². The maximum atomic E-state index is 13.9. The van der Waals surface area contributed by atoms with E-state index in [1.54, 1.807) is 25.1 Å². The Labute approximate surface area is 243 Å². The molecule has 3 aromatic carbocycles. The number of nitrogens with zero attached hydrogens (tertiary/aromatic N) is 2. The van der Waals surface area contributed by atoms with E-state index in [1.807, 2.05) is 0 Å². The Kier molecular flexibility index (Phi) is 9.71. The molecule has 1 aliphatic rings. The van der Waals surface area contributed by atoms with Crippen molar-refractivity contribution in [2.45, 2.75) is 56.1 Å². The number of anilines is 1. The number of carbonyl (C=O) groups excluding carboxylic acids is 2. The number of sulfonamides is 1. The fraction of sp³-hybridized carbons (Fsp3) is 0.310. The minimum Gasteiger partial charge on any atom is -0.352 e. The van der Waals surface area contributed by atoms with Crippen molar-refractivity contribution in [2.24, 2.45) is 0 Å². The van der Waals surface area contributed by atoms with Crippen LogP contribution in [0.1, 0.15) is 38.2 Å². The van der Waals surface area contributed by atoms with E-state index in [-0.39, 0.29) is 39.1 Å². The van der Waals surface area contributed by atoms with Gasteiger partial charge in [-0.2, -0.15) is 0 Å². The number of hydrogen-bond acceptors (Lipinski definition) is 4. The number of hydrogen-bond donors (Lipinski definition) is 1. The van der Waals surface area contributed by atoms with Crippen molar-refractivity contribution >= 4 is 50.7 Å². The number of carbonyl (C=O) groups is 2. The van der Waals surface area contributed by atoms with Gasteiger partial charge >= 0.3 is 0 Å². The summed E-state index contributed by atoms with van der Waals surface area (Å²) in [5, 5.41) is 3.39. The van der Waals surface area contributed by atoms with Gasteiger partial charge in [-0.05, 0) is 67.8 Å². The van der Waals surface area contributed by atoms with E-state index in [0.29, 0.717) is 5.56 Å². The summed E-state index contributed by atoms with van der Waals surface area (Å²) < 4.78 is 42.1. The summed E-state index contributed by atoms with van der Waals surface area (Å²) in [6.45, 7) is 0.933. The highest BCUT2D eigenvalue weighted by molar-refractivity contribution is 7.92. The molecule has 7 nitrogen and oxygen atoms in total. The van der Waals surface area contributed by atoms with Gasteiger partial charge in [0.2, 0.25) is 11.8 Å². The summed E-state index contributed by atoms with van der Waals surface area (Å²) in [6.07, 6.45) is 3.77. The molecule has 0 heterocycles. The molecule has 0 saturated heterocycles. The lowest BCUT2D eigenvalue weighted by Crippen LogP contribution is -2.52. The van der Waals surface area contributed by atoms with Crippen LogP contribution < -0.4 is 9.62 Å². The summed E-state index contributed by atoms with van der Waals surface area (Å²) in [4.78, 5) is 28.4. The van der Waals surface area contributed by atoms with Crippen LogP contribution in [0.4, 0.5) is 10.1 Å². The fourth-order valence-corrected chi connectivity index (χ4v) is 6.63. The standard InChI is InChI=1S/C29H30Cl2FN3O4S/c1-20(29(37)33-25-7-5-6-8-25)34(18-21-11-13-24(32)14-12-21)28(36)19-35(26-16-22(30)15-23(31)17-26)40(38,39)27-9-3-2-4-10-27/h2-4,9-17,20,25H,5-8,18-19H2,1H3,(H,33,37)/t20-/m0/s1. The highest BCUT2D eigenvalue weighted by atomic mass is 35.5. The Morgan fingerprint density at radius 1 is 0.975 bits per heavy atom. The van der Waals surface area contributed by atoms with Crippen LogP contribution in [0.2, 0.25) is 10.0 Å². The average molecular weight is 607 g/mol. The van der Waals surface area contributed by atoms with Crippen LogP contribution in [-0.2, 0) is 26.2 Å². The van der Waals surface area contributed by atoms with E-state index in [9.17, 15) is 22.4 Å². The highest BCUT2D eigenvalue weighted by Crippen LogP contribution is 2.30. The van der Waals surface area contributed by atoms with Gasteiger partial charge in [0.25, 0.3) is 10.0 Å². The maximum Gasteiger partial charge on any atom is 0.264 e. The molecule has 2 amide bonds. The number of nitrogens with one attached hydrogen (secondary N) is 1. The molecule has 3 aromatic rings. The van der Waals surface area contributed by atoms with Crippen LogP contribution in [0.15, 0.2) is 77.7 Å². The lowest BCUT2D eigenvalue weighted by atomic mass is 10.1. The molecule has 4 rings (SSSR count). The Morgan fingerprint density at radius 2 is 1.57 bits per heavy atom. The molecule has 11 heteroatoms. The Balaban J connectivity index is 1.69. The van der Waals surface area contributed by atoms with Crippen LogP contribution in [0.5, 0.6) is 0 Å². The van der Waals surface area contributed by atoms with Gasteiger partial charge in [0.05, 0.1) is 10.6 Å². The minimum absolute atomic E-state index is 0.0290. The van der Waals surface area contributed by atoms with Gasteiger partial charge < -0.3 is 10.2 Å². The second-order valence-corrected chi connectivity index (χ2v) is 12.5. The summed E-state index contributed by atoms with van der Waals surface area (Å²) in [7, 11) is -4.24. The minimum atomic E-state index is -4.24. The van der Waals surface area contributed by atoms with E-state index in [1.165, 1.54) is 59.5 Å². The largest absolute Gasteiger partial charge is 0.352 e. The second-order valence-electron chi connectivity index (χ2n) is 9.77. The lowest BCUT2D eigenvalue weighted by molar-refractivity contribution is -0.139. The van der Waals surface area contributed by atoms with Crippen molar-refractivity contribution in [3.8, 4) is 0 Å². The Bertz CT molecular complexity index is 1430. The molecule has 1 atom stereocenters. The molecule has 1 fully saturated rings. The second kappa shape index (κ2) is 13.0. The molecule has 0 spiro atoms. The predicted molar refractivity (Wildman–Crippen MR) is 154 cm³/mol. The third kappa shape index (κ3) is 7.33. The number of benzene rings is 3. The van der Waals surface area contributed by atoms with Crippen molar-refractivity contribution < 1.29 is 22.4 Å². The van der Waals surface area contributed by atoms with Gasteiger partial charge in [-0.1, -0.05) is 66.4 Å². The molecule has 0 aromatic heterocycles. The number of rotatable bonds is 10. The monoisotopic (exact) mass is 605 g/mol. The van der Waals surface area contributed by atoms with Gasteiger partial charge in [0.15, 0.2) is 0 Å². The van der Waals surface area contributed by atoms with E-state index in [2.05, 4.69) is 5.32 Å². The molecule has 0 radical (unpaired) electrons. The van der Waals surface area contributed by atoms with E-state index < -0.39 is 34.3 Å². The SMILES string of the molecule is C[C@@H](C(=O)NC1CCCC1)N(Cc1ccc(F)cc1)C(=O)CN(c1cc(Cl)cc(Cl)c1)S(=O)(=O)c1ccccc1. The Hall–Kier alpha value is -3.14. The number of halogens is 3. The molecular weight excluding hydrogens is 576 g/mol. The van der Waals surface area contributed by atoms with E-state index in [0.717, 1.165) is 30.0 Å². The molecule has 1 aliphatic carbocycles. The van der Waals surface area contributed by atoms with Crippen molar-refractivity contribution in [3.63, 3.8) is 0 Å². The zero-order valence-corrected chi connectivity index (χ0v) is 24.2. The molecular formula is C29H30Cl2FN3O4S. The Morgan fingerprint density at radius 3 is 2.17 bits per heavy atom. The molecule has 1 saturated carbocycles. The molecule has 1 N–H and O–H groups in total. The normalized spacial score (nSPS) is 14.5. The van der Waals surface area contributed by atoms with Crippen LogP contribution in [0.25, 0.3) is 0 Å². The van der Waals surface area contributed by atoms with Crippen molar-refractivity contribution in [3.05, 3.63) is 94.2 Å².